The van der Waals surface area contributed by atoms with Crippen molar-refractivity contribution in [1.29, 1.82) is 0 Å². The first-order chi connectivity index (χ1) is 13.3. The number of piperazine rings is 1. The van der Waals surface area contributed by atoms with Crippen molar-refractivity contribution >= 4 is 61.1 Å². The molecule has 0 radical (unpaired) electrons. The molecule has 0 saturated carbocycles. The maximum absolute atomic E-state index is 11.5. The Morgan fingerprint density at radius 2 is 1.86 bits per heavy atom. The molecule has 7 heteroatoms. The molecule has 2 aromatic heterocycles. The van der Waals surface area contributed by atoms with Gasteiger partial charge in [-0.1, -0.05) is 23.5 Å². The van der Waals surface area contributed by atoms with Crippen molar-refractivity contribution < 1.29 is 0 Å². The van der Waals surface area contributed by atoms with Crippen molar-refractivity contribution in [2.24, 2.45) is 0 Å². The molecule has 1 aliphatic heterocycles. The molecule has 0 atom stereocenters. The number of nitrogens with one attached hydrogen (secondary N) is 1. The van der Waals surface area contributed by atoms with Crippen molar-refractivity contribution in [3.05, 3.63) is 63.1 Å². The van der Waals surface area contributed by atoms with Crippen molar-refractivity contribution in [3.8, 4) is 0 Å². The molecule has 0 spiro atoms. The van der Waals surface area contributed by atoms with E-state index >= 15 is 0 Å². The Hall–Kier alpha value is -1.86. The van der Waals surface area contributed by atoms with Gasteiger partial charge in [0.15, 0.2) is 0 Å². The van der Waals surface area contributed by atoms with Crippen LogP contribution in [-0.4, -0.2) is 42.6 Å². The summed E-state index contributed by atoms with van der Waals surface area (Å²) in [6.45, 7) is 5.42. The Morgan fingerprint density at radius 3 is 2.71 bits per heavy atom. The van der Waals surface area contributed by atoms with Gasteiger partial charge in [0, 0.05) is 48.5 Å². The molecule has 146 valence electrons. The van der Waals surface area contributed by atoms with Gasteiger partial charge in [-0.2, -0.15) is 0 Å². The van der Waals surface area contributed by atoms with Crippen LogP contribution in [0, 0.1) is 0 Å². The molecular weight excluding hydrogens is 410 g/mol. The van der Waals surface area contributed by atoms with Gasteiger partial charge >= 0.3 is 4.87 Å². The molecule has 0 bridgehead atoms. The fourth-order valence-corrected chi connectivity index (χ4v) is 5.51. The number of aromatic amines is 1. The summed E-state index contributed by atoms with van der Waals surface area (Å²) >= 11 is 3.11. The molecule has 0 amide bonds. The number of thiophene rings is 1. The number of anilines is 1. The number of H-pyrrole nitrogens is 1. The summed E-state index contributed by atoms with van der Waals surface area (Å²) in [4.78, 5) is 19.4. The molecular formula is C21H22ClN3OS2. The van der Waals surface area contributed by atoms with Crippen LogP contribution in [0.25, 0.3) is 20.3 Å². The van der Waals surface area contributed by atoms with Crippen LogP contribution >= 0.6 is 35.1 Å². The number of thiazole rings is 1. The molecule has 1 saturated heterocycles. The van der Waals surface area contributed by atoms with Crippen LogP contribution in [0.5, 0.6) is 0 Å². The van der Waals surface area contributed by atoms with Crippen molar-refractivity contribution in [1.82, 2.24) is 9.88 Å². The Kier molecular flexibility index (Phi) is 5.73. The highest BCUT2D eigenvalue weighted by atomic mass is 35.5. The lowest BCUT2D eigenvalue weighted by atomic mass is 10.1. The molecule has 1 aliphatic rings. The topological polar surface area (TPSA) is 39.3 Å². The van der Waals surface area contributed by atoms with Crippen LogP contribution in [0.2, 0.25) is 0 Å². The molecule has 1 fully saturated rings. The molecule has 0 aliphatic carbocycles. The fraction of sp³-hybridized carbons (Fsp3) is 0.286. The maximum Gasteiger partial charge on any atom is 0.305 e. The van der Waals surface area contributed by atoms with E-state index in [0.717, 1.165) is 49.4 Å². The molecule has 5 rings (SSSR count). The second-order valence-electron chi connectivity index (χ2n) is 7.03. The third kappa shape index (κ3) is 3.82. The van der Waals surface area contributed by atoms with E-state index < -0.39 is 0 Å². The SMILES string of the molecule is Cl.O=c1[nH]c2ccc(CCN3CCN(c4cccc5sccc45)CC3)cc2s1. The van der Waals surface area contributed by atoms with Crippen molar-refractivity contribution in [3.63, 3.8) is 0 Å². The molecule has 3 heterocycles. The lowest BCUT2D eigenvalue weighted by Gasteiger charge is -2.36. The minimum Gasteiger partial charge on any atom is -0.368 e. The number of rotatable bonds is 4. The number of benzene rings is 2. The largest absolute Gasteiger partial charge is 0.368 e. The zero-order valence-corrected chi connectivity index (χ0v) is 17.8. The fourth-order valence-electron chi connectivity index (χ4n) is 3.90. The molecule has 2 aromatic carbocycles. The van der Waals surface area contributed by atoms with E-state index in [2.05, 4.69) is 56.6 Å². The van der Waals surface area contributed by atoms with Crippen LogP contribution in [0.1, 0.15) is 5.56 Å². The van der Waals surface area contributed by atoms with Crippen molar-refractivity contribution in [2.75, 3.05) is 37.6 Å². The highest BCUT2D eigenvalue weighted by molar-refractivity contribution is 7.17. The summed E-state index contributed by atoms with van der Waals surface area (Å²) in [7, 11) is 0. The second-order valence-corrected chi connectivity index (χ2v) is 9.00. The average molecular weight is 432 g/mol. The maximum atomic E-state index is 11.5. The smallest absolute Gasteiger partial charge is 0.305 e. The number of aromatic nitrogens is 1. The van der Waals surface area contributed by atoms with E-state index in [0.29, 0.717) is 0 Å². The number of fused-ring (bicyclic) bond motifs is 2. The first kappa shape index (κ1) is 19.5. The van der Waals surface area contributed by atoms with E-state index in [9.17, 15) is 4.79 Å². The van der Waals surface area contributed by atoms with Gasteiger partial charge < -0.3 is 9.88 Å². The van der Waals surface area contributed by atoms with Gasteiger partial charge in [0.25, 0.3) is 0 Å². The van der Waals surface area contributed by atoms with Crippen LogP contribution in [0.15, 0.2) is 52.6 Å². The Labute approximate surface area is 177 Å². The average Bonchev–Trinajstić information content (AvgIpc) is 3.31. The monoisotopic (exact) mass is 431 g/mol. The van der Waals surface area contributed by atoms with E-state index in [1.54, 1.807) is 0 Å². The van der Waals surface area contributed by atoms with Gasteiger partial charge in [0.05, 0.1) is 10.2 Å². The Bertz CT molecular complexity index is 1140. The molecule has 1 N–H and O–H groups in total. The molecule has 4 aromatic rings. The van der Waals surface area contributed by atoms with Gasteiger partial charge in [-0.25, -0.2) is 0 Å². The quantitative estimate of drug-likeness (QED) is 0.513. The van der Waals surface area contributed by atoms with Crippen LogP contribution in [-0.2, 0) is 6.42 Å². The predicted molar refractivity (Wildman–Crippen MR) is 124 cm³/mol. The number of nitrogens with zero attached hydrogens (tertiary/aromatic N) is 2. The van der Waals surface area contributed by atoms with Gasteiger partial charge in [-0.15, -0.1) is 23.7 Å². The molecule has 28 heavy (non-hydrogen) atoms. The first-order valence-corrected chi connectivity index (χ1v) is 11.0. The summed E-state index contributed by atoms with van der Waals surface area (Å²) in [6, 6.07) is 15.2. The third-order valence-electron chi connectivity index (χ3n) is 5.39. The Morgan fingerprint density at radius 1 is 1.00 bits per heavy atom. The van der Waals surface area contributed by atoms with E-state index in [-0.39, 0.29) is 17.3 Å². The summed E-state index contributed by atoms with van der Waals surface area (Å²) < 4.78 is 2.43. The summed E-state index contributed by atoms with van der Waals surface area (Å²) in [5.41, 5.74) is 3.63. The van der Waals surface area contributed by atoms with Crippen molar-refractivity contribution in [2.45, 2.75) is 6.42 Å². The number of hydrogen-bond donors (Lipinski definition) is 1. The summed E-state index contributed by atoms with van der Waals surface area (Å²) in [6.07, 6.45) is 1.03. The predicted octanol–water partition coefficient (Wildman–Crippen LogP) is 4.59. The zero-order chi connectivity index (χ0) is 18.2. The van der Waals surface area contributed by atoms with Gasteiger partial charge in [0.1, 0.15) is 0 Å². The lowest BCUT2D eigenvalue weighted by molar-refractivity contribution is 0.261. The van der Waals surface area contributed by atoms with E-state index in [1.807, 2.05) is 17.4 Å². The molecule has 4 nitrogen and oxygen atoms in total. The first-order valence-electron chi connectivity index (χ1n) is 9.31. The normalized spacial score (nSPS) is 15.2. The standard InChI is InChI=1S/C21H21N3OS2.ClH/c25-21-22-17-5-4-15(14-20(17)27-21)6-8-23-9-11-24(12-10-23)18-2-1-3-19-16(18)7-13-26-19;/h1-5,7,13-14H,6,8-12H2,(H,22,25);1H. The Balaban J connectivity index is 0.00000192. The highest BCUT2D eigenvalue weighted by Crippen LogP contribution is 2.31. The van der Waals surface area contributed by atoms with Crippen LogP contribution in [0.4, 0.5) is 5.69 Å². The molecule has 0 unspecified atom stereocenters. The van der Waals surface area contributed by atoms with Gasteiger partial charge in [0.2, 0.25) is 0 Å². The highest BCUT2D eigenvalue weighted by Gasteiger charge is 2.18. The van der Waals surface area contributed by atoms with Crippen LogP contribution in [0.3, 0.4) is 0 Å². The third-order valence-corrected chi connectivity index (χ3v) is 7.12. The van der Waals surface area contributed by atoms with Gasteiger partial charge in [-0.05, 0) is 47.7 Å². The van der Waals surface area contributed by atoms with E-state index in [4.69, 9.17) is 0 Å². The number of hydrogen-bond acceptors (Lipinski definition) is 5. The van der Waals surface area contributed by atoms with Gasteiger partial charge in [-0.3, -0.25) is 9.69 Å². The summed E-state index contributed by atoms with van der Waals surface area (Å²) in [5.74, 6) is 0. The second kappa shape index (κ2) is 8.25. The minimum absolute atomic E-state index is 0. The summed E-state index contributed by atoms with van der Waals surface area (Å²) in [5, 5.41) is 3.57. The zero-order valence-electron chi connectivity index (χ0n) is 15.4. The number of halogens is 1. The van der Waals surface area contributed by atoms with Crippen LogP contribution < -0.4 is 9.77 Å². The lowest BCUT2D eigenvalue weighted by Crippen LogP contribution is -2.47. The van der Waals surface area contributed by atoms with E-state index in [1.165, 1.54) is 32.7 Å². The minimum atomic E-state index is 0.